The van der Waals surface area contributed by atoms with Crippen LogP contribution in [0.2, 0.25) is 0 Å². The molecule has 0 aromatic heterocycles. The average Bonchev–Trinajstić information content (AvgIpc) is 2.81. The predicted octanol–water partition coefficient (Wildman–Crippen LogP) is 6.90. The Kier molecular flexibility index (Phi) is 8.36. The van der Waals surface area contributed by atoms with Crippen molar-refractivity contribution in [3.05, 3.63) is 120 Å². The summed E-state index contributed by atoms with van der Waals surface area (Å²) in [7, 11) is 0. The first-order valence-corrected chi connectivity index (χ1v) is 11.2. The molecule has 0 spiro atoms. The topological polar surface area (TPSA) is 99.7 Å². The molecule has 3 rings (SSSR count). The lowest BCUT2D eigenvalue weighted by Gasteiger charge is -2.33. The lowest BCUT2D eigenvalue weighted by molar-refractivity contribution is 0.619. The van der Waals surface area contributed by atoms with Gasteiger partial charge in [-0.25, -0.2) is 0 Å². The zero-order valence-electron chi connectivity index (χ0n) is 20.7. The molecule has 6 N–H and O–H groups in total. The van der Waals surface area contributed by atoms with Crippen LogP contribution < -0.4 is 11.5 Å². The van der Waals surface area contributed by atoms with Crippen molar-refractivity contribution in [3.8, 4) is 0 Å². The molecule has 2 aromatic rings. The Morgan fingerprint density at radius 3 is 1.88 bits per heavy atom. The van der Waals surface area contributed by atoms with Crippen LogP contribution in [0, 0.1) is 10.8 Å². The lowest BCUT2D eigenvalue weighted by Crippen LogP contribution is -2.25. The molecule has 0 saturated heterocycles. The number of hydrogen-bond acceptors (Lipinski definition) is 4. The summed E-state index contributed by atoms with van der Waals surface area (Å²) < 4.78 is 0. The molecule has 0 saturated carbocycles. The summed E-state index contributed by atoms with van der Waals surface area (Å²) in [6.07, 6.45) is 12.3. The molecule has 0 bridgehead atoms. The van der Waals surface area contributed by atoms with Crippen molar-refractivity contribution in [2.75, 3.05) is 11.5 Å². The van der Waals surface area contributed by atoms with Crippen LogP contribution in [-0.2, 0) is 10.8 Å². The number of benzene rings is 2. The van der Waals surface area contributed by atoms with Gasteiger partial charge < -0.3 is 11.5 Å². The minimum atomic E-state index is -0.336. The highest BCUT2D eigenvalue weighted by atomic mass is 14.7. The van der Waals surface area contributed by atoms with Crippen LogP contribution in [-0.4, -0.2) is 11.4 Å². The molecule has 0 atom stereocenters. The molecule has 0 radical (unpaired) electrons. The molecule has 0 aliphatic heterocycles. The molecule has 4 heteroatoms. The fraction of sp³-hybridized carbons (Fsp3) is 0.200. The second-order valence-electron chi connectivity index (χ2n) is 9.25. The molecule has 0 heterocycles. The largest absolute Gasteiger partial charge is 0.397 e. The normalized spacial score (nSPS) is 13.8. The van der Waals surface area contributed by atoms with E-state index in [0.717, 1.165) is 16.7 Å². The zero-order chi connectivity index (χ0) is 25.5. The summed E-state index contributed by atoms with van der Waals surface area (Å²) >= 11 is 0. The van der Waals surface area contributed by atoms with E-state index in [4.69, 9.17) is 22.3 Å². The van der Waals surface area contributed by atoms with Gasteiger partial charge in [0.2, 0.25) is 0 Å². The van der Waals surface area contributed by atoms with Gasteiger partial charge in [0.25, 0.3) is 0 Å². The van der Waals surface area contributed by atoms with Crippen LogP contribution >= 0.6 is 0 Å². The maximum absolute atomic E-state index is 7.03. The molecular weight excluding hydrogens is 416 g/mol. The van der Waals surface area contributed by atoms with E-state index in [1.54, 1.807) is 30.4 Å². The van der Waals surface area contributed by atoms with Crippen molar-refractivity contribution in [1.29, 1.82) is 10.8 Å². The van der Waals surface area contributed by atoms with Gasteiger partial charge in [0.05, 0.1) is 22.8 Å². The Labute approximate surface area is 204 Å². The molecular formula is C30H36N4. The van der Waals surface area contributed by atoms with Crippen molar-refractivity contribution in [2.45, 2.75) is 38.5 Å². The minimum Gasteiger partial charge on any atom is -0.397 e. The Bertz CT molecular complexity index is 1150. The maximum atomic E-state index is 7.03. The van der Waals surface area contributed by atoms with Crippen molar-refractivity contribution in [3.63, 3.8) is 0 Å². The molecule has 0 unspecified atom stereocenters. The first kappa shape index (κ1) is 26.3. The first-order valence-electron chi connectivity index (χ1n) is 11.2. The number of hydrogen-bond donors (Lipinski definition) is 4. The highest BCUT2D eigenvalue weighted by molar-refractivity contribution is 6.48. The smallest absolute Gasteiger partial charge is 0.0789 e. The number of anilines is 2. The Balaban J connectivity index is 0.000000430. The van der Waals surface area contributed by atoms with E-state index in [9.17, 15) is 0 Å². The molecule has 0 amide bonds. The second-order valence-corrected chi connectivity index (χ2v) is 9.25. The molecule has 176 valence electrons. The molecule has 1 aliphatic carbocycles. The maximum Gasteiger partial charge on any atom is 0.0789 e. The van der Waals surface area contributed by atoms with E-state index in [1.807, 2.05) is 24.3 Å². The average molecular weight is 453 g/mol. The summed E-state index contributed by atoms with van der Waals surface area (Å²) in [5.74, 6) is 0. The van der Waals surface area contributed by atoms with Crippen LogP contribution in [0.4, 0.5) is 11.4 Å². The molecule has 34 heavy (non-hydrogen) atoms. The Morgan fingerprint density at radius 1 is 0.853 bits per heavy atom. The van der Waals surface area contributed by atoms with E-state index >= 15 is 0 Å². The first-order chi connectivity index (χ1) is 16.0. The number of rotatable bonds is 6. The van der Waals surface area contributed by atoms with Crippen molar-refractivity contribution in [2.24, 2.45) is 0 Å². The van der Waals surface area contributed by atoms with Crippen molar-refractivity contribution in [1.82, 2.24) is 0 Å². The van der Waals surface area contributed by atoms with Crippen LogP contribution in [0.25, 0.3) is 0 Å². The number of nitrogen functional groups attached to an aromatic ring is 2. The fourth-order valence-corrected chi connectivity index (χ4v) is 3.87. The van der Waals surface area contributed by atoms with E-state index in [0.29, 0.717) is 11.4 Å². The van der Waals surface area contributed by atoms with E-state index in [2.05, 4.69) is 71.2 Å². The molecule has 2 aromatic carbocycles. The van der Waals surface area contributed by atoms with Crippen LogP contribution in [0.1, 0.15) is 44.4 Å². The van der Waals surface area contributed by atoms with E-state index < -0.39 is 0 Å². The van der Waals surface area contributed by atoms with Gasteiger partial charge in [-0.15, -0.1) is 0 Å². The predicted molar refractivity (Wildman–Crippen MR) is 149 cm³/mol. The quantitative estimate of drug-likeness (QED) is 0.218. The van der Waals surface area contributed by atoms with Crippen LogP contribution in [0.15, 0.2) is 104 Å². The highest BCUT2D eigenvalue weighted by Crippen LogP contribution is 2.42. The SMILES string of the molecule is C=C/C=C(\C=C)C(C)(C)c1cc(C(C)(C)c2ccccc2)cc(N)c1N.N=C1C=CC=CC1=N. The number of allylic oxidation sites excluding steroid dienone is 8. The van der Waals surface area contributed by atoms with Gasteiger partial charge in [0.1, 0.15) is 0 Å². The lowest BCUT2D eigenvalue weighted by atomic mass is 9.72. The second kappa shape index (κ2) is 10.8. The van der Waals surface area contributed by atoms with Gasteiger partial charge in [-0.3, -0.25) is 10.8 Å². The monoisotopic (exact) mass is 452 g/mol. The third kappa shape index (κ3) is 5.70. The fourth-order valence-electron chi connectivity index (χ4n) is 3.87. The molecule has 1 aliphatic rings. The van der Waals surface area contributed by atoms with Crippen LogP contribution in [0.3, 0.4) is 0 Å². The van der Waals surface area contributed by atoms with Crippen LogP contribution in [0.5, 0.6) is 0 Å². The van der Waals surface area contributed by atoms with Crippen molar-refractivity contribution >= 4 is 22.8 Å². The van der Waals surface area contributed by atoms with Crippen molar-refractivity contribution < 1.29 is 0 Å². The summed E-state index contributed by atoms with van der Waals surface area (Å²) in [4.78, 5) is 0. The van der Waals surface area contributed by atoms with Gasteiger partial charge in [-0.1, -0.05) is 108 Å². The highest BCUT2D eigenvalue weighted by Gasteiger charge is 2.30. The Morgan fingerprint density at radius 2 is 1.41 bits per heavy atom. The zero-order valence-corrected chi connectivity index (χ0v) is 20.7. The standard InChI is InChI=1S/C24H30N2.C6H6N2/c1-7-12-17(8-2)24(5,6)20-15-19(16-21(25)22(20)26)23(3,4)18-13-10-9-11-14-18;7-5-3-1-2-4-6(5)8/h7-16H,1-2,25-26H2,3-6H3;1-4,7-8H/b17-12+;. The van der Waals surface area contributed by atoms with E-state index in [1.165, 1.54) is 5.56 Å². The summed E-state index contributed by atoms with van der Waals surface area (Å²) in [6.45, 7) is 16.4. The Hall–Kier alpha value is -3.92. The number of nitrogens with one attached hydrogen (secondary N) is 2. The number of nitrogens with two attached hydrogens (primary N) is 2. The van der Waals surface area contributed by atoms with Gasteiger partial charge >= 0.3 is 0 Å². The summed E-state index contributed by atoms with van der Waals surface area (Å²) in [5, 5.41) is 14.1. The van der Waals surface area contributed by atoms with Gasteiger partial charge in [-0.05, 0) is 40.5 Å². The van der Waals surface area contributed by atoms with Gasteiger partial charge in [-0.2, -0.15) is 0 Å². The molecule has 0 fully saturated rings. The molecule has 4 nitrogen and oxygen atoms in total. The van der Waals surface area contributed by atoms with Gasteiger partial charge in [0, 0.05) is 10.8 Å². The summed E-state index contributed by atoms with van der Waals surface area (Å²) in [5.41, 5.74) is 18.4. The van der Waals surface area contributed by atoms with E-state index in [-0.39, 0.29) is 22.3 Å². The third-order valence-electron chi connectivity index (χ3n) is 6.27. The summed E-state index contributed by atoms with van der Waals surface area (Å²) in [6, 6.07) is 14.6. The van der Waals surface area contributed by atoms with Gasteiger partial charge in [0.15, 0.2) is 0 Å². The third-order valence-corrected chi connectivity index (χ3v) is 6.27. The minimum absolute atomic E-state index is 0.190.